The zero-order chi connectivity index (χ0) is 12.3. The van der Waals surface area contributed by atoms with Crippen LogP contribution < -0.4 is 10.6 Å². The molecule has 1 aromatic rings. The van der Waals surface area contributed by atoms with Gasteiger partial charge in [-0.15, -0.1) is 0 Å². The molecule has 1 aromatic carbocycles. The van der Waals surface area contributed by atoms with Crippen LogP contribution in [0.2, 0.25) is 0 Å². The fraction of sp³-hybridized carbons (Fsp3) is 0.500. The second-order valence-corrected chi connectivity index (χ2v) is 5.01. The van der Waals surface area contributed by atoms with E-state index in [-0.39, 0.29) is 5.91 Å². The van der Waals surface area contributed by atoms with Gasteiger partial charge >= 0.3 is 0 Å². The third-order valence-electron chi connectivity index (χ3n) is 3.03. The van der Waals surface area contributed by atoms with E-state index in [1.54, 1.807) is 0 Å². The molecule has 0 saturated carbocycles. The lowest BCUT2D eigenvalue weighted by atomic mass is 9.98. The summed E-state index contributed by atoms with van der Waals surface area (Å²) >= 11 is 0. The quantitative estimate of drug-likeness (QED) is 0.833. The topological polar surface area (TPSA) is 41.1 Å². The van der Waals surface area contributed by atoms with Gasteiger partial charge in [-0.3, -0.25) is 4.79 Å². The summed E-state index contributed by atoms with van der Waals surface area (Å²) in [4.78, 5) is 11.9. The molecule has 3 nitrogen and oxygen atoms in total. The van der Waals surface area contributed by atoms with Crippen molar-refractivity contribution in [1.29, 1.82) is 0 Å². The van der Waals surface area contributed by atoms with Crippen LogP contribution in [-0.2, 0) is 13.0 Å². The molecule has 1 amide bonds. The van der Waals surface area contributed by atoms with Crippen molar-refractivity contribution in [2.24, 2.45) is 5.92 Å². The maximum absolute atomic E-state index is 11.9. The maximum Gasteiger partial charge on any atom is 0.251 e. The molecule has 0 unspecified atom stereocenters. The van der Waals surface area contributed by atoms with Crippen molar-refractivity contribution in [3.63, 3.8) is 0 Å². The Balaban J connectivity index is 2.08. The van der Waals surface area contributed by atoms with E-state index in [1.807, 2.05) is 12.1 Å². The molecule has 0 aliphatic carbocycles. The van der Waals surface area contributed by atoms with Crippen molar-refractivity contribution in [3.05, 3.63) is 34.9 Å². The van der Waals surface area contributed by atoms with Crippen molar-refractivity contribution in [2.75, 3.05) is 13.1 Å². The molecule has 92 valence electrons. The Morgan fingerprint density at radius 1 is 1.41 bits per heavy atom. The summed E-state index contributed by atoms with van der Waals surface area (Å²) in [5.74, 6) is 0.529. The SMILES string of the molecule is CC(C)CNC(=O)c1ccc2c(c1)CCNC2. The van der Waals surface area contributed by atoms with Crippen LogP contribution in [0.25, 0.3) is 0 Å². The molecule has 1 aliphatic rings. The normalized spacial score (nSPS) is 14.5. The van der Waals surface area contributed by atoms with E-state index in [4.69, 9.17) is 0 Å². The predicted octanol–water partition coefficient (Wildman–Crippen LogP) is 1.72. The second-order valence-electron chi connectivity index (χ2n) is 5.01. The van der Waals surface area contributed by atoms with Gasteiger partial charge in [0.2, 0.25) is 0 Å². The number of hydrogen-bond donors (Lipinski definition) is 2. The number of amides is 1. The lowest BCUT2D eigenvalue weighted by Gasteiger charge is -2.17. The monoisotopic (exact) mass is 232 g/mol. The molecule has 0 aromatic heterocycles. The molecule has 1 aliphatic heterocycles. The smallest absolute Gasteiger partial charge is 0.251 e. The van der Waals surface area contributed by atoms with Gasteiger partial charge in [-0.1, -0.05) is 19.9 Å². The number of carbonyl (C=O) groups excluding carboxylic acids is 1. The van der Waals surface area contributed by atoms with Gasteiger partial charge in [-0.25, -0.2) is 0 Å². The number of hydrogen-bond acceptors (Lipinski definition) is 2. The van der Waals surface area contributed by atoms with Crippen LogP contribution in [0.1, 0.15) is 35.3 Å². The molecule has 0 spiro atoms. The number of rotatable bonds is 3. The van der Waals surface area contributed by atoms with Crippen LogP contribution in [0.3, 0.4) is 0 Å². The molecule has 0 bridgehead atoms. The van der Waals surface area contributed by atoms with Gasteiger partial charge < -0.3 is 10.6 Å². The van der Waals surface area contributed by atoms with E-state index in [0.29, 0.717) is 5.92 Å². The largest absolute Gasteiger partial charge is 0.352 e. The summed E-state index contributed by atoms with van der Waals surface area (Å²) in [6.45, 7) is 6.85. The van der Waals surface area contributed by atoms with Gasteiger partial charge in [-0.05, 0) is 42.1 Å². The number of carbonyl (C=O) groups is 1. The summed E-state index contributed by atoms with van der Waals surface area (Å²) in [5, 5.41) is 6.28. The summed E-state index contributed by atoms with van der Waals surface area (Å²) in [5.41, 5.74) is 3.41. The third-order valence-corrected chi connectivity index (χ3v) is 3.03. The molecule has 0 fully saturated rings. The van der Waals surface area contributed by atoms with E-state index in [1.165, 1.54) is 11.1 Å². The molecule has 1 heterocycles. The predicted molar refractivity (Wildman–Crippen MR) is 69.0 cm³/mol. The van der Waals surface area contributed by atoms with Crippen LogP contribution >= 0.6 is 0 Å². The molecule has 17 heavy (non-hydrogen) atoms. The van der Waals surface area contributed by atoms with Crippen molar-refractivity contribution >= 4 is 5.91 Å². The van der Waals surface area contributed by atoms with Crippen LogP contribution in [0.15, 0.2) is 18.2 Å². The summed E-state index contributed by atoms with van der Waals surface area (Å²) < 4.78 is 0. The highest BCUT2D eigenvalue weighted by Gasteiger charge is 2.12. The average molecular weight is 232 g/mol. The fourth-order valence-electron chi connectivity index (χ4n) is 2.02. The van der Waals surface area contributed by atoms with Crippen LogP contribution in [0.5, 0.6) is 0 Å². The minimum absolute atomic E-state index is 0.0417. The average Bonchev–Trinajstić information content (AvgIpc) is 2.35. The zero-order valence-corrected chi connectivity index (χ0v) is 10.5. The lowest BCUT2D eigenvalue weighted by Crippen LogP contribution is -2.28. The lowest BCUT2D eigenvalue weighted by molar-refractivity contribution is 0.0949. The van der Waals surface area contributed by atoms with E-state index < -0.39 is 0 Å². The van der Waals surface area contributed by atoms with Gasteiger partial charge in [-0.2, -0.15) is 0 Å². The van der Waals surface area contributed by atoms with E-state index in [9.17, 15) is 4.79 Å². The van der Waals surface area contributed by atoms with Crippen LogP contribution in [0, 0.1) is 5.92 Å². The Morgan fingerprint density at radius 2 is 2.24 bits per heavy atom. The zero-order valence-electron chi connectivity index (χ0n) is 10.5. The highest BCUT2D eigenvalue weighted by atomic mass is 16.1. The first-order valence-corrected chi connectivity index (χ1v) is 6.27. The number of nitrogens with one attached hydrogen (secondary N) is 2. The summed E-state index contributed by atoms with van der Waals surface area (Å²) in [7, 11) is 0. The van der Waals surface area contributed by atoms with Gasteiger partial charge in [0, 0.05) is 18.7 Å². The molecule has 2 N–H and O–H groups in total. The van der Waals surface area contributed by atoms with Gasteiger partial charge in [0.05, 0.1) is 0 Å². The highest BCUT2D eigenvalue weighted by molar-refractivity contribution is 5.94. The first-order valence-electron chi connectivity index (χ1n) is 6.27. The second kappa shape index (κ2) is 5.32. The maximum atomic E-state index is 11.9. The first-order chi connectivity index (χ1) is 8.16. The van der Waals surface area contributed by atoms with Crippen molar-refractivity contribution in [2.45, 2.75) is 26.8 Å². The van der Waals surface area contributed by atoms with Gasteiger partial charge in [0.1, 0.15) is 0 Å². The Bertz CT molecular complexity index is 413. The summed E-state index contributed by atoms with van der Waals surface area (Å²) in [6, 6.07) is 6.01. The van der Waals surface area contributed by atoms with E-state index >= 15 is 0 Å². The Morgan fingerprint density at radius 3 is 3.00 bits per heavy atom. The standard InChI is InChI=1S/C14H20N2O/c1-10(2)8-16-14(17)12-3-4-13-9-15-6-5-11(13)7-12/h3-4,7,10,15H,5-6,8-9H2,1-2H3,(H,16,17). The Hall–Kier alpha value is -1.35. The highest BCUT2D eigenvalue weighted by Crippen LogP contribution is 2.15. The molecular weight excluding hydrogens is 212 g/mol. The first kappa shape index (κ1) is 12.1. The number of fused-ring (bicyclic) bond motifs is 1. The van der Waals surface area contributed by atoms with Crippen molar-refractivity contribution < 1.29 is 4.79 Å². The van der Waals surface area contributed by atoms with Gasteiger partial charge in [0.15, 0.2) is 0 Å². The molecule has 2 rings (SSSR count). The Labute approximate surface area is 103 Å². The van der Waals surface area contributed by atoms with Gasteiger partial charge in [0.25, 0.3) is 5.91 Å². The minimum Gasteiger partial charge on any atom is -0.352 e. The number of benzene rings is 1. The fourth-order valence-corrected chi connectivity index (χ4v) is 2.02. The van der Waals surface area contributed by atoms with E-state index in [0.717, 1.165) is 31.6 Å². The van der Waals surface area contributed by atoms with E-state index in [2.05, 4.69) is 30.5 Å². The molecular formula is C14H20N2O. The molecule has 0 saturated heterocycles. The molecule has 3 heteroatoms. The van der Waals surface area contributed by atoms with Crippen molar-refractivity contribution in [1.82, 2.24) is 10.6 Å². The Kier molecular flexibility index (Phi) is 3.79. The minimum atomic E-state index is 0.0417. The third kappa shape index (κ3) is 3.07. The molecule has 0 radical (unpaired) electrons. The summed E-state index contributed by atoms with van der Waals surface area (Å²) in [6.07, 6.45) is 1.01. The van der Waals surface area contributed by atoms with Crippen molar-refractivity contribution in [3.8, 4) is 0 Å². The van der Waals surface area contributed by atoms with Crippen LogP contribution in [-0.4, -0.2) is 19.0 Å². The van der Waals surface area contributed by atoms with Crippen LogP contribution in [0.4, 0.5) is 0 Å². The molecule has 0 atom stereocenters.